The van der Waals surface area contributed by atoms with E-state index in [0.29, 0.717) is 26.1 Å². The largest absolute Gasteiger partial charge is 0.416 e. The number of carbonyl (C=O) groups is 1. The lowest BCUT2D eigenvalue weighted by Crippen LogP contribution is -2.45. The van der Waals surface area contributed by atoms with Crippen molar-refractivity contribution in [3.05, 3.63) is 35.4 Å². The Balaban J connectivity index is 1.73. The maximum atomic E-state index is 13.1. The third-order valence-electron chi connectivity index (χ3n) is 4.33. The van der Waals surface area contributed by atoms with Crippen molar-refractivity contribution in [1.29, 1.82) is 0 Å². The minimum Gasteiger partial charge on any atom is -0.375 e. The Kier molecular flexibility index (Phi) is 3.89. The number of morpholine rings is 1. The fourth-order valence-electron chi connectivity index (χ4n) is 3.14. The van der Waals surface area contributed by atoms with Gasteiger partial charge in [0.1, 0.15) is 0 Å². The van der Waals surface area contributed by atoms with Gasteiger partial charge in [0.2, 0.25) is 5.91 Å². The highest BCUT2D eigenvalue weighted by atomic mass is 19.4. The van der Waals surface area contributed by atoms with Crippen molar-refractivity contribution in [2.45, 2.75) is 31.5 Å². The Labute approximate surface area is 127 Å². The van der Waals surface area contributed by atoms with Crippen molar-refractivity contribution < 1.29 is 22.7 Å². The maximum Gasteiger partial charge on any atom is 0.416 e. The molecule has 3 atom stereocenters. The lowest BCUT2D eigenvalue weighted by Gasteiger charge is -2.31. The molecule has 1 aromatic rings. The molecular weight excluding hydrogens is 295 g/mol. The molecule has 6 heteroatoms. The van der Waals surface area contributed by atoms with Crippen molar-refractivity contribution in [2.75, 3.05) is 19.7 Å². The molecule has 0 spiro atoms. The number of alkyl halides is 3. The average molecular weight is 313 g/mol. The van der Waals surface area contributed by atoms with Crippen molar-refractivity contribution in [1.82, 2.24) is 4.90 Å². The zero-order valence-electron chi connectivity index (χ0n) is 12.3. The first-order valence-electron chi connectivity index (χ1n) is 7.44. The molecule has 2 fully saturated rings. The molecule has 0 aromatic heterocycles. The first-order chi connectivity index (χ1) is 10.4. The van der Waals surface area contributed by atoms with Crippen molar-refractivity contribution >= 4 is 5.91 Å². The minimum atomic E-state index is -4.37. The summed E-state index contributed by atoms with van der Waals surface area (Å²) in [6.07, 6.45) is -3.89. The SMILES string of the molecule is CC1CN(C(=O)C2CC2c2ccccc2C(F)(F)F)CCO1. The van der Waals surface area contributed by atoms with Gasteiger partial charge in [-0.3, -0.25) is 4.79 Å². The Morgan fingerprint density at radius 3 is 2.73 bits per heavy atom. The smallest absolute Gasteiger partial charge is 0.375 e. The van der Waals surface area contributed by atoms with Crippen molar-refractivity contribution in [2.24, 2.45) is 5.92 Å². The second kappa shape index (κ2) is 5.57. The molecule has 120 valence electrons. The summed E-state index contributed by atoms with van der Waals surface area (Å²) in [6.45, 7) is 3.42. The van der Waals surface area contributed by atoms with Gasteiger partial charge in [-0.05, 0) is 30.9 Å². The van der Waals surface area contributed by atoms with E-state index in [-0.39, 0.29) is 29.4 Å². The van der Waals surface area contributed by atoms with Crippen LogP contribution in [0, 0.1) is 5.92 Å². The molecule has 22 heavy (non-hydrogen) atoms. The molecule has 0 radical (unpaired) electrons. The van der Waals surface area contributed by atoms with Gasteiger partial charge in [0.15, 0.2) is 0 Å². The third-order valence-corrected chi connectivity index (χ3v) is 4.33. The Morgan fingerprint density at radius 2 is 2.05 bits per heavy atom. The fraction of sp³-hybridized carbons (Fsp3) is 0.562. The second-order valence-electron chi connectivity index (χ2n) is 6.00. The van der Waals surface area contributed by atoms with Crippen molar-refractivity contribution in [3.8, 4) is 0 Å². The number of nitrogens with zero attached hydrogens (tertiary/aromatic N) is 1. The van der Waals surface area contributed by atoms with E-state index >= 15 is 0 Å². The van der Waals surface area contributed by atoms with Crippen LogP contribution >= 0.6 is 0 Å². The number of hydrogen-bond acceptors (Lipinski definition) is 2. The van der Waals surface area contributed by atoms with Crippen LogP contribution in [0.2, 0.25) is 0 Å². The van der Waals surface area contributed by atoms with Gasteiger partial charge in [-0.15, -0.1) is 0 Å². The van der Waals surface area contributed by atoms with Gasteiger partial charge in [0, 0.05) is 19.0 Å². The number of halogens is 3. The zero-order valence-corrected chi connectivity index (χ0v) is 12.3. The molecule has 0 N–H and O–H groups in total. The molecule has 1 saturated heterocycles. The predicted molar refractivity (Wildman–Crippen MR) is 74.3 cm³/mol. The van der Waals surface area contributed by atoms with Gasteiger partial charge < -0.3 is 9.64 Å². The van der Waals surface area contributed by atoms with Crippen LogP contribution in [0.15, 0.2) is 24.3 Å². The molecule has 1 aliphatic carbocycles. The minimum absolute atomic E-state index is 0.0163. The van der Waals surface area contributed by atoms with Gasteiger partial charge in [0.05, 0.1) is 18.3 Å². The molecule has 1 aliphatic heterocycles. The Morgan fingerprint density at radius 1 is 1.32 bits per heavy atom. The summed E-state index contributed by atoms with van der Waals surface area (Å²) in [7, 11) is 0. The van der Waals surface area contributed by atoms with Crippen LogP contribution in [-0.4, -0.2) is 36.6 Å². The van der Waals surface area contributed by atoms with Gasteiger partial charge in [-0.25, -0.2) is 0 Å². The molecule has 2 aliphatic rings. The molecule has 1 amide bonds. The topological polar surface area (TPSA) is 29.5 Å². The molecule has 0 bridgehead atoms. The zero-order chi connectivity index (χ0) is 15.9. The Bertz CT molecular complexity index is 573. The van der Waals surface area contributed by atoms with Gasteiger partial charge in [0.25, 0.3) is 0 Å². The highest BCUT2D eigenvalue weighted by Crippen LogP contribution is 2.51. The first kappa shape index (κ1) is 15.3. The van der Waals surface area contributed by atoms with E-state index in [9.17, 15) is 18.0 Å². The number of carbonyl (C=O) groups excluding carboxylic acids is 1. The van der Waals surface area contributed by atoms with E-state index in [2.05, 4.69) is 0 Å². The average Bonchev–Trinajstić information content (AvgIpc) is 3.26. The summed E-state index contributed by atoms with van der Waals surface area (Å²) in [5, 5.41) is 0. The normalized spacial score (nSPS) is 28.5. The second-order valence-corrected chi connectivity index (χ2v) is 6.00. The van der Waals surface area contributed by atoms with Crippen LogP contribution in [0.3, 0.4) is 0 Å². The Hall–Kier alpha value is -1.56. The molecular formula is C16H18F3NO2. The molecule has 3 unspecified atom stereocenters. The van der Waals surface area contributed by atoms with E-state index in [1.165, 1.54) is 12.1 Å². The molecule has 1 aromatic carbocycles. The van der Waals surface area contributed by atoms with Gasteiger partial charge in [-0.2, -0.15) is 13.2 Å². The van der Waals surface area contributed by atoms with Crippen LogP contribution in [0.4, 0.5) is 13.2 Å². The predicted octanol–water partition coefficient (Wildman–Crippen LogP) is 3.06. The summed E-state index contributed by atoms with van der Waals surface area (Å²) < 4.78 is 44.6. The molecule has 3 nitrogen and oxygen atoms in total. The van der Waals surface area contributed by atoms with Crippen LogP contribution in [0.1, 0.15) is 30.4 Å². The standard InChI is InChI=1S/C16H18F3NO2/c1-10-9-20(6-7-22-10)15(21)13-8-12(13)11-4-2-3-5-14(11)16(17,18)19/h2-5,10,12-13H,6-9H2,1H3. The number of rotatable bonds is 2. The van der Waals surface area contributed by atoms with Crippen LogP contribution in [-0.2, 0) is 15.7 Å². The van der Waals surface area contributed by atoms with Gasteiger partial charge in [-0.1, -0.05) is 18.2 Å². The van der Waals surface area contributed by atoms with Crippen molar-refractivity contribution in [3.63, 3.8) is 0 Å². The summed E-state index contributed by atoms with van der Waals surface area (Å²) >= 11 is 0. The lowest BCUT2D eigenvalue weighted by atomic mass is 10.0. The van der Waals surface area contributed by atoms with Gasteiger partial charge >= 0.3 is 6.18 Å². The number of hydrogen-bond donors (Lipinski definition) is 0. The van der Waals surface area contributed by atoms with Crippen LogP contribution in [0.25, 0.3) is 0 Å². The lowest BCUT2D eigenvalue weighted by molar-refractivity contribution is -0.140. The summed E-state index contributed by atoms with van der Waals surface area (Å²) in [6, 6.07) is 5.56. The quantitative estimate of drug-likeness (QED) is 0.840. The highest BCUT2D eigenvalue weighted by Gasteiger charge is 2.49. The van der Waals surface area contributed by atoms with E-state index in [1.54, 1.807) is 11.0 Å². The summed E-state index contributed by atoms with van der Waals surface area (Å²) in [5.41, 5.74) is -0.375. The summed E-state index contributed by atoms with van der Waals surface area (Å²) in [4.78, 5) is 14.2. The van der Waals surface area contributed by atoms with E-state index in [1.807, 2.05) is 6.92 Å². The van der Waals surface area contributed by atoms with E-state index < -0.39 is 11.7 Å². The van der Waals surface area contributed by atoms with Crippen LogP contribution in [0.5, 0.6) is 0 Å². The van der Waals surface area contributed by atoms with Crippen LogP contribution < -0.4 is 0 Å². The third kappa shape index (κ3) is 2.97. The highest BCUT2D eigenvalue weighted by molar-refractivity contribution is 5.83. The number of amides is 1. The fourth-order valence-corrected chi connectivity index (χ4v) is 3.14. The van der Waals surface area contributed by atoms with E-state index in [4.69, 9.17) is 4.74 Å². The van der Waals surface area contributed by atoms with E-state index in [0.717, 1.165) is 6.07 Å². The number of ether oxygens (including phenoxy) is 1. The first-order valence-corrected chi connectivity index (χ1v) is 7.44. The molecule has 1 saturated carbocycles. The number of benzene rings is 1. The monoisotopic (exact) mass is 313 g/mol. The molecule has 3 rings (SSSR count). The maximum absolute atomic E-state index is 13.1. The summed E-state index contributed by atoms with van der Waals surface area (Å²) in [5.74, 6) is -0.686. The molecule has 1 heterocycles.